The molecule has 2 aromatic rings. The van der Waals surface area contributed by atoms with Gasteiger partial charge in [-0.2, -0.15) is 0 Å². The first-order valence-corrected chi connectivity index (χ1v) is 5.11. The van der Waals surface area contributed by atoms with Crippen molar-refractivity contribution in [3.8, 4) is 0 Å². The zero-order chi connectivity index (χ0) is 11.0. The van der Waals surface area contributed by atoms with E-state index in [0.29, 0.717) is 5.69 Å². The Hall–Kier alpha value is -1.36. The van der Waals surface area contributed by atoms with Gasteiger partial charge in [0.25, 0.3) is 0 Å². The second kappa shape index (κ2) is 3.66. The number of fused-ring (bicyclic) bond motifs is 1. The highest BCUT2D eigenvalue weighted by Crippen LogP contribution is 2.25. The Morgan fingerprint density at radius 2 is 2.27 bits per heavy atom. The van der Waals surface area contributed by atoms with Crippen LogP contribution in [0.15, 0.2) is 22.9 Å². The SMILES string of the molecule is COC(=O)c1cc2c(Br)cncc2n1C. The summed E-state index contributed by atoms with van der Waals surface area (Å²) in [7, 11) is 3.18. The van der Waals surface area contributed by atoms with Crippen molar-refractivity contribution in [3.63, 3.8) is 0 Å². The van der Waals surface area contributed by atoms with Crippen LogP contribution in [-0.4, -0.2) is 22.6 Å². The van der Waals surface area contributed by atoms with E-state index in [1.54, 1.807) is 23.0 Å². The molecule has 0 saturated carbocycles. The van der Waals surface area contributed by atoms with Crippen molar-refractivity contribution in [2.75, 3.05) is 7.11 Å². The van der Waals surface area contributed by atoms with Gasteiger partial charge in [-0.05, 0) is 22.0 Å². The molecule has 4 nitrogen and oxygen atoms in total. The maximum atomic E-state index is 11.4. The van der Waals surface area contributed by atoms with E-state index in [4.69, 9.17) is 4.74 Å². The molecule has 0 atom stereocenters. The van der Waals surface area contributed by atoms with Crippen molar-refractivity contribution in [2.45, 2.75) is 0 Å². The molecule has 15 heavy (non-hydrogen) atoms. The number of ether oxygens (including phenoxy) is 1. The van der Waals surface area contributed by atoms with Crippen LogP contribution in [0, 0.1) is 0 Å². The number of nitrogens with zero attached hydrogens (tertiary/aromatic N) is 2. The molecule has 2 heterocycles. The van der Waals surface area contributed by atoms with Gasteiger partial charge in [0, 0.05) is 23.1 Å². The molecule has 0 N–H and O–H groups in total. The summed E-state index contributed by atoms with van der Waals surface area (Å²) in [5.41, 5.74) is 1.41. The van der Waals surface area contributed by atoms with Crippen molar-refractivity contribution in [2.24, 2.45) is 7.05 Å². The molecular formula is C10H9BrN2O2. The van der Waals surface area contributed by atoms with Crippen LogP contribution in [0.4, 0.5) is 0 Å². The lowest BCUT2D eigenvalue weighted by molar-refractivity contribution is 0.0590. The van der Waals surface area contributed by atoms with E-state index < -0.39 is 0 Å². The van der Waals surface area contributed by atoms with Crippen LogP contribution in [0.1, 0.15) is 10.5 Å². The third kappa shape index (κ3) is 1.52. The van der Waals surface area contributed by atoms with Gasteiger partial charge in [-0.25, -0.2) is 4.79 Å². The average Bonchev–Trinajstić information content (AvgIpc) is 2.57. The Bertz CT molecular complexity index is 533. The molecule has 0 fully saturated rings. The summed E-state index contributed by atoms with van der Waals surface area (Å²) in [5, 5.41) is 0.952. The Morgan fingerprint density at radius 3 is 2.87 bits per heavy atom. The molecule has 0 spiro atoms. The van der Waals surface area contributed by atoms with Crippen molar-refractivity contribution < 1.29 is 9.53 Å². The van der Waals surface area contributed by atoms with Gasteiger partial charge in [0.15, 0.2) is 0 Å². The number of aryl methyl sites for hydroxylation is 1. The Morgan fingerprint density at radius 1 is 1.53 bits per heavy atom. The lowest BCUT2D eigenvalue weighted by Gasteiger charge is -2.00. The zero-order valence-corrected chi connectivity index (χ0v) is 9.91. The number of hydrogen-bond acceptors (Lipinski definition) is 3. The fourth-order valence-electron chi connectivity index (χ4n) is 1.51. The summed E-state index contributed by atoms with van der Waals surface area (Å²) in [5.74, 6) is -0.347. The minimum absolute atomic E-state index is 0.347. The second-order valence-electron chi connectivity index (χ2n) is 3.13. The minimum Gasteiger partial charge on any atom is -0.464 e. The van der Waals surface area contributed by atoms with Crippen LogP contribution in [0.3, 0.4) is 0 Å². The van der Waals surface area contributed by atoms with Gasteiger partial charge in [-0.15, -0.1) is 0 Å². The largest absolute Gasteiger partial charge is 0.464 e. The van der Waals surface area contributed by atoms with Crippen molar-refractivity contribution >= 4 is 32.8 Å². The van der Waals surface area contributed by atoms with Gasteiger partial charge in [0.1, 0.15) is 5.69 Å². The van der Waals surface area contributed by atoms with Crippen molar-refractivity contribution in [3.05, 3.63) is 28.6 Å². The Labute approximate surface area is 95.0 Å². The quantitative estimate of drug-likeness (QED) is 0.745. The fourth-order valence-corrected chi connectivity index (χ4v) is 1.94. The summed E-state index contributed by atoms with van der Waals surface area (Å²) in [6, 6.07) is 1.78. The highest BCUT2D eigenvalue weighted by molar-refractivity contribution is 9.10. The number of aromatic nitrogens is 2. The van der Waals surface area contributed by atoms with Crippen LogP contribution in [0.5, 0.6) is 0 Å². The zero-order valence-electron chi connectivity index (χ0n) is 8.32. The van der Waals surface area contributed by atoms with Gasteiger partial charge >= 0.3 is 5.97 Å². The molecule has 78 valence electrons. The standard InChI is InChI=1S/C10H9BrN2O2/c1-13-8(10(14)15-2)3-6-7(11)4-12-5-9(6)13/h3-5H,1-2H3. The van der Waals surface area contributed by atoms with Gasteiger partial charge < -0.3 is 9.30 Å². The molecule has 2 aromatic heterocycles. The number of halogens is 1. The van der Waals surface area contributed by atoms with E-state index in [0.717, 1.165) is 15.4 Å². The number of pyridine rings is 1. The van der Waals surface area contributed by atoms with Crippen molar-refractivity contribution in [1.29, 1.82) is 0 Å². The first-order chi connectivity index (χ1) is 7.15. The molecular weight excluding hydrogens is 260 g/mol. The summed E-state index contributed by atoms with van der Waals surface area (Å²) in [6.07, 6.45) is 3.41. The Balaban J connectivity index is 2.75. The van der Waals surface area contributed by atoms with E-state index in [2.05, 4.69) is 20.9 Å². The summed E-state index contributed by atoms with van der Waals surface area (Å²) < 4.78 is 7.32. The summed E-state index contributed by atoms with van der Waals surface area (Å²) in [6.45, 7) is 0. The first kappa shape index (κ1) is 10.2. The predicted molar refractivity (Wildman–Crippen MR) is 59.8 cm³/mol. The monoisotopic (exact) mass is 268 g/mol. The van der Waals surface area contributed by atoms with Crippen molar-refractivity contribution in [1.82, 2.24) is 9.55 Å². The number of carbonyl (C=O) groups excluding carboxylic acids is 1. The number of carbonyl (C=O) groups is 1. The van der Waals surface area contributed by atoms with Gasteiger partial charge in [-0.3, -0.25) is 4.98 Å². The van der Waals surface area contributed by atoms with E-state index in [-0.39, 0.29) is 5.97 Å². The number of esters is 1. The maximum Gasteiger partial charge on any atom is 0.354 e. The molecule has 0 unspecified atom stereocenters. The lowest BCUT2D eigenvalue weighted by Crippen LogP contribution is -2.06. The Kier molecular flexibility index (Phi) is 2.48. The van der Waals surface area contributed by atoms with E-state index in [9.17, 15) is 4.79 Å². The predicted octanol–water partition coefficient (Wildman–Crippen LogP) is 2.12. The topological polar surface area (TPSA) is 44.1 Å². The number of methoxy groups -OCH3 is 1. The molecule has 0 aliphatic heterocycles. The number of rotatable bonds is 1. The van der Waals surface area contributed by atoms with E-state index in [1.165, 1.54) is 7.11 Å². The molecule has 2 rings (SSSR count). The third-order valence-electron chi connectivity index (χ3n) is 2.32. The summed E-state index contributed by atoms with van der Waals surface area (Å²) >= 11 is 3.39. The first-order valence-electron chi connectivity index (χ1n) is 4.32. The highest BCUT2D eigenvalue weighted by Gasteiger charge is 2.14. The molecule has 0 aliphatic rings. The molecule has 0 saturated heterocycles. The van der Waals surface area contributed by atoms with Gasteiger partial charge in [-0.1, -0.05) is 0 Å². The maximum absolute atomic E-state index is 11.4. The third-order valence-corrected chi connectivity index (χ3v) is 2.95. The van der Waals surface area contributed by atoms with Crippen LogP contribution in [0.25, 0.3) is 10.9 Å². The molecule has 0 aromatic carbocycles. The van der Waals surface area contributed by atoms with Crippen LogP contribution >= 0.6 is 15.9 Å². The minimum atomic E-state index is -0.347. The van der Waals surface area contributed by atoms with Crippen LogP contribution in [-0.2, 0) is 11.8 Å². The van der Waals surface area contributed by atoms with Gasteiger partial charge in [0.2, 0.25) is 0 Å². The molecule has 0 bridgehead atoms. The molecule has 0 radical (unpaired) electrons. The molecule has 5 heteroatoms. The fraction of sp³-hybridized carbons (Fsp3) is 0.200. The molecule has 0 aliphatic carbocycles. The number of hydrogen-bond donors (Lipinski definition) is 0. The average molecular weight is 269 g/mol. The lowest BCUT2D eigenvalue weighted by atomic mass is 10.3. The van der Waals surface area contributed by atoms with Crippen LogP contribution in [0.2, 0.25) is 0 Å². The molecule has 0 amide bonds. The second-order valence-corrected chi connectivity index (χ2v) is 3.99. The van der Waals surface area contributed by atoms with Crippen LogP contribution < -0.4 is 0 Å². The van der Waals surface area contributed by atoms with E-state index in [1.807, 2.05) is 7.05 Å². The summed E-state index contributed by atoms with van der Waals surface area (Å²) in [4.78, 5) is 15.5. The smallest absolute Gasteiger partial charge is 0.354 e. The van der Waals surface area contributed by atoms with E-state index >= 15 is 0 Å². The van der Waals surface area contributed by atoms with Gasteiger partial charge in [0.05, 0.1) is 18.8 Å². The normalized spacial score (nSPS) is 10.6. The highest BCUT2D eigenvalue weighted by atomic mass is 79.9.